The van der Waals surface area contributed by atoms with E-state index in [1.165, 1.54) is 44.9 Å². The van der Waals surface area contributed by atoms with Crippen molar-refractivity contribution < 1.29 is 4.92 Å². The maximum absolute atomic E-state index is 10.8. The molecular weight excluding hydrogens is 332 g/mol. The molecule has 5 heteroatoms. The first-order valence-corrected chi connectivity index (χ1v) is 8.60. The normalized spacial score (nSPS) is 22.6. The number of anilines is 1. The Balaban J connectivity index is 1.97. The number of hydrogen-bond donors (Lipinski definition) is 1. The van der Waals surface area contributed by atoms with Crippen molar-refractivity contribution in [2.45, 2.75) is 57.9 Å². The monoisotopic (exact) mass is 354 g/mol. The van der Waals surface area contributed by atoms with E-state index in [1.54, 1.807) is 18.2 Å². The molecule has 0 amide bonds. The Morgan fingerprint density at radius 3 is 2.81 bits per heavy atom. The van der Waals surface area contributed by atoms with E-state index in [1.807, 2.05) is 0 Å². The topological polar surface area (TPSA) is 55.2 Å². The van der Waals surface area contributed by atoms with Gasteiger partial charge in [0.25, 0.3) is 5.69 Å². The van der Waals surface area contributed by atoms with Crippen LogP contribution in [0.2, 0.25) is 0 Å². The fraction of sp³-hybridized carbons (Fsp3) is 0.625. The highest BCUT2D eigenvalue weighted by Gasteiger charge is 2.19. The summed E-state index contributed by atoms with van der Waals surface area (Å²) in [4.78, 5) is 10.4. The first kappa shape index (κ1) is 16.3. The second kappa shape index (κ2) is 7.78. The SMILES string of the molecule is CCCC1CCCC(Nc2ccc([N+](=O)[O-])cc2Br)CC1. The maximum Gasteiger partial charge on any atom is 0.270 e. The van der Waals surface area contributed by atoms with Gasteiger partial charge in [-0.2, -0.15) is 0 Å². The lowest BCUT2D eigenvalue weighted by molar-refractivity contribution is -0.384. The van der Waals surface area contributed by atoms with Gasteiger partial charge >= 0.3 is 0 Å². The predicted molar refractivity (Wildman–Crippen MR) is 89.7 cm³/mol. The zero-order valence-corrected chi connectivity index (χ0v) is 14.1. The Bertz CT molecular complexity index is 493. The van der Waals surface area contributed by atoms with Gasteiger partial charge < -0.3 is 5.32 Å². The number of benzene rings is 1. The van der Waals surface area contributed by atoms with Crippen molar-refractivity contribution in [1.82, 2.24) is 0 Å². The van der Waals surface area contributed by atoms with E-state index in [4.69, 9.17) is 0 Å². The molecule has 2 rings (SSSR count). The molecule has 0 heterocycles. The summed E-state index contributed by atoms with van der Waals surface area (Å²) >= 11 is 3.43. The number of nitro groups is 1. The molecule has 2 unspecified atom stereocenters. The third-order valence-corrected chi connectivity index (χ3v) is 4.96. The Morgan fingerprint density at radius 2 is 2.14 bits per heavy atom. The Labute approximate surface area is 134 Å². The van der Waals surface area contributed by atoms with E-state index in [-0.39, 0.29) is 10.6 Å². The highest BCUT2D eigenvalue weighted by molar-refractivity contribution is 9.10. The number of halogens is 1. The molecule has 116 valence electrons. The Hall–Kier alpha value is -1.10. The van der Waals surface area contributed by atoms with Gasteiger partial charge in [-0.15, -0.1) is 0 Å². The standard InChI is InChI=1S/C16H23BrN2O2/c1-2-4-12-5-3-6-13(8-7-12)18-16-10-9-14(19(20)21)11-15(16)17/h9-13,18H,2-8H2,1H3. The Kier molecular flexibility index (Phi) is 6.03. The van der Waals surface area contributed by atoms with Crippen LogP contribution in [0.4, 0.5) is 11.4 Å². The van der Waals surface area contributed by atoms with Crippen LogP contribution in [0, 0.1) is 16.0 Å². The van der Waals surface area contributed by atoms with Crippen molar-refractivity contribution in [3.05, 3.63) is 32.8 Å². The number of nitrogens with zero attached hydrogens (tertiary/aromatic N) is 1. The molecule has 1 aliphatic carbocycles. The summed E-state index contributed by atoms with van der Waals surface area (Å²) in [5, 5.41) is 14.3. The quantitative estimate of drug-likeness (QED) is 0.430. The van der Waals surface area contributed by atoms with Crippen molar-refractivity contribution in [2.24, 2.45) is 5.92 Å². The zero-order chi connectivity index (χ0) is 15.2. The molecular formula is C16H23BrN2O2. The molecule has 21 heavy (non-hydrogen) atoms. The highest BCUT2D eigenvalue weighted by Crippen LogP contribution is 2.31. The second-order valence-electron chi connectivity index (χ2n) is 5.93. The molecule has 0 spiro atoms. The number of nitrogens with one attached hydrogen (secondary N) is 1. The molecule has 1 N–H and O–H groups in total. The summed E-state index contributed by atoms with van der Waals surface area (Å²) in [7, 11) is 0. The molecule has 1 saturated carbocycles. The van der Waals surface area contributed by atoms with Crippen molar-refractivity contribution >= 4 is 27.3 Å². The van der Waals surface area contributed by atoms with Crippen LogP contribution in [0.15, 0.2) is 22.7 Å². The lowest BCUT2D eigenvalue weighted by Gasteiger charge is -2.19. The molecule has 0 saturated heterocycles. The van der Waals surface area contributed by atoms with Crippen molar-refractivity contribution in [1.29, 1.82) is 0 Å². The number of nitro benzene ring substituents is 1. The van der Waals surface area contributed by atoms with Gasteiger partial charge in [0.2, 0.25) is 0 Å². The molecule has 1 aromatic carbocycles. The highest BCUT2D eigenvalue weighted by atomic mass is 79.9. The molecule has 4 nitrogen and oxygen atoms in total. The average molecular weight is 355 g/mol. The van der Waals surface area contributed by atoms with E-state index in [0.29, 0.717) is 6.04 Å². The van der Waals surface area contributed by atoms with Crippen LogP contribution in [0.1, 0.15) is 51.9 Å². The molecule has 0 bridgehead atoms. The molecule has 1 fully saturated rings. The van der Waals surface area contributed by atoms with Crippen LogP contribution in [0.5, 0.6) is 0 Å². The fourth-order valence-electron chi connectivity index (χ4n) is 3.17. The number of rotatable bonds is 5. The summed E-state index contributed by atoms with van der Waals surface area (Å²) in [5.41, 5.74) is 1.08. The summed E-state index contributed by atoms with van der Waals surface area (Å²) in [6, 6.07) is 5.41. The predicted octanol–water partition coefficient (Wildman–Crippen LogP) is 5.52. The summed E-state index contributed by atoms with van der Waals surface area (Å²) in [5.74, 6) is 0.877. The summed E-state index contributed by atoms with van der Waals surface area (Å²) < 4.78 is 0.769. The minimum atomic E-state index is -0.366. The summed E-state index contributed by atoms with van der Waals surface area (Å²) in [6.45, 7) is 2.26. The lowest BCUT2D eigenvalue weighted by atomic mass is 9.95. The maximum atomic E-state index is 10.8. The minimum absolute atomic E-state index is 0.122. The third-order valence-electron chi connectivity index (χ3n) is 4.31. The van der Waals surface area contributed by atoms with Crippen LogP contribution >= 0.6 is 15.9 Å². The molecule has 0 aromatic heterocycles. The minimum Gasteiger partial charge on any atom is -0.381 e. The second-order valence-corrected chi connectivity index (χ2v) is 6.78. The van der Waals surface area contributed by atoms with Gasteiger partial charge in [0.05, 0.1) is 4.92 Å². The molecule has 2 atom stereocenters. The molecule has 1 aliphatic rings. The van der Waals surface area contributed by atoms with Crippen molar-refractivity contribution in [2.75, 3.05) is 5.32 Å². The van der Waals surface area contributed by atoms with E-state index < -0.39 is 0 Å². The van der Waals surface area contributed by atoms with Gasteiger partial charge in [-0.25, -0.2) is 0 Å². The van der Waals surface area contributed by atoms with Crippen LogP contribution < -0.4 is 5.32 Å². The number of hydrogen-bond acceptors (Lipinski definition) is 3. The van der Waals surface area contributed by atoms with Crippen LogP contribution in [-0.2, 0) is 0 Å². The zero-order valence-electron chi connectivity index (χ0n) is 12.5. The van der Waals surface area contributed by atoms with Crippen molar-refractivity contribution in [3.63, 3.8) is 0 Å². The number of non-ortho nitro benzene ring substituents is 1. The van der Waals surface area contributed by atoms with Crippen molar-refractivity contribution in [3.8, 4) is 0 Å². The molecule has 0 radical (unpaired) electrons. The fourth-order valence-corrected chi connectivity index (χ4v) is 3.66. The largest absolute Gasteiger partial charge is 0.381 e. The first-order valence-electron chi connectivity index (χ1n) is 7.80. The van der Waals surface area contributed by atoms with Gasteiger partial charge in [-0.3, -0.25) is 10.1 Å². The lowest BCUT2D eigenvalue weighted by Crippen LogP contribution is -2.18. The molecule has 0 aliphatic heterocycles. The van der Waals surface area contributed by atoms with E-state index in [2.05, 4.69) is 28.2 Å². The van der Waals surface area contributed by atoms with Crippen LogP contribution in [0.3, 0.4) is 0 Å². The van der Waals surface area contributed by atoms with Gasteiger partial charge in [-0.1, -0.05) is 32.6 Å². The van der Waals surface area contributed by atoms with Crippen LogP contribution in [-0.4, -0.2) is 11.0 Å². The smallest absolute Gasteiger partial charge is 0.270 e. The van der Waals surface area contributed by atoms with E-state index in [9.17, 15) is 10.1 Å². The van der Waals surface area contributed by atoms with Crippen LogP contribution in [0.25, 0.3) is 0 Å². The Morgan fingerprint density at radius 1 is 1.33 bits per heavy atom. The van der Waals surface area contributed by atoms with E-state index in [0.717, 1.165) is 16.1 Å². The van der Waals surface area contributed by atoms with Gasteiger partial charge in [0, 0.05) is 28.3 Å². The van der Waals surface area contributed by atoms with E-state index >= 15 is 0 Å². The molecule has 1 aromatic rings. The van der Waals surface area contributed by atoms with Gasteiger partial charge in [0.1, 0.15) is 0 Å². The van der Waals surface area contributed by atoms with Gasteiger partial charge in [0.15, 0.2) is 0 Å². The van der Waals surface area contributed by atoms with Gasteiger partial charge in [-0.05, 0) is 47.2 Å². The summed E-state index contributed by atoms with van der Waals surface area (Å²) in [6.07, 6.45) is 8.89. The third kappa shape index (κ3) is 4.70. The first-order chi connectivity index (χ1) is 10.1. The average Bonchev–Trinajstić information content (AvgIpc) is 2.67.